The minimum absolute atomic E-state index is 0.0271. The van der Waals surface area contributed by atoms with Gasteiger partial charge in [0.25, 0.3) is 0 Å². The van der Waals surface area contributed by atoms with Gasteiger partial charge in [-0.25, -0.2) is 4.98 Å². The van der Waals surface area contributed by atoms with E-state index in [0.29, 0.717) is 12.3 Å². The number of carbonyl (C=O) groups is 1. The summed E-state index contributed by atoms with van der Waals surface area (Å²) < 4.78 is 1.19. The van der Waals surface area contributed by atoms with Gasteiger partial charge in [-0.1, -0.05) is 61.5 Å². The van der Waals surface area contributed by atoms with Gasteiger partial charge in [-0.05, 0) is 59.2 Å². The second-order valence-electron chi connectivity index (χ2n) is 8.95. The Kier molecular flexibility index (Phi) is 5.24. The number of thiazole rings is 1. The van der Waals surface area contributed by atoms with Crippen LogP contribution in [0.25, 0.3) is 31.6 Å². The summed E-state index contributed by atoms with van der Waals surface area (Å²) >= 11 is 3.47. The zero-order chi connectivity index (χ0) is 22.4. The molecule has 6 rings (SSSR count). The number of nitrogens with one attached hydrogen (secondary N) is 1. The molecule has 2 aromatic heterocycles. The molecule has 0 fully saturated rings. The number of amides is 1. The quantitative estimate of drug-likeness (QED) is 0.297. The van der Waals surface area contributed by atoms with Crippen LogP contribution in [-0.2, 0) is 24.1 Å². The van der Waals surface area contributed by atoms with Crippen molar-refractivity contribution >= 4 is 54.6 Å². The molecule has 0 radical (unpaired) electrons. The van der Waals surface area contributed by atoms with Gasteiger partial charge in [-0.15, -0.1) is 22.7 Å². The second kappa shape index (κ2) is 8.40. The van der Waals surface area contributed by atoms with Crippen LogP contribution in [0.5, 0.6) is 0 Å². The van der Waals surface area contributed by atoms with E-state index < -0.39 is 0 Å². The molecule has 0 bridgehead atoms. The van der Waals surface area contributed by atoms with Crippen molar-refractivity contribution in [1.29, 1.82) is 0 Å². The third kappa shape index (κ3) is 3.96. The summed E-state index contributed by atoms with van der Waals surface area (Å²) in [7, 11) is 0. The first-order chi connectivity index (χ1) is 16.1. The summed E-state index contributed by atoms with van der Waals surface area (Å²) in [4.78, 5) is 19.5. The maximum Gasteiger partial charge on any atom is 0.229 e. The molecule has 1 aliphatic rings. The number of hydrogen-bond acceptors (Lipinski definition) is 4. The number of anilines is 1. The number of para-hydroxylation sites is 1. The number of nitrogens with zero attached hydrogens (tertiary/aromatic N) is 1. The molecule has 1 N–H and O–H groups in total. The summed E-state index contributed by atoms with van der Waals surface area (Å²) in [5.74, 6) is 0.708. The number of carbonyl (C=O) groups excluding carboxylic acids is 1. The van der Waals surface area contributed by atoms with Crippen LogP contribution in [-0.4, -0.2) is 10.9 Å². The topological polar surface area (TPSA) is 42.0 Å². The number of fused-ring (bicyclic) bond motifs is 3. The molecule has 3 aromatic carbocycles. The first-order valence-corrected chi connectivity index (χ1v) is 13.1. The lowest BCUT2D eigenvalue weighted by Gasteiger charge is -2.18. The fourth-order valence-electron chi connectivity index (χ4n) is 4.75. The van der Waals surface area contributed by atoms with E-state index in [1.807, 2.05) is 18.2 Å². The highest BCUT2D eigenvalue weighted by atomic mass is 32.1. The average Bonchev–Trinajstić information content (AvgIpc) is 3.39. The van der Waals surface area contributed by atoms with Gasteiger partial charge in [0.15, 0.2) is 0 Å². The molecule has 33 heavy (non-hydrogen) atoms. The van der Waals surface area contributed by atoms with Gasteiger partial charge in [0.05, 0.1) is 16.6 Å². The SMILES string of the molecule is CC1CCc2c(sc(NC(=O)Cc3ccc4ccccc4c3)c2-c2nc3ccccc3s2)C1. The molecule has 164 valence electrons. The molecule has 0 spiro atoms. The van der Waals surface area contributed by atoms with Crippen LogP contribution in [0.2, 0.25) is 0 Å². The van der Waals surface area contributed by atoms with E-state index >= 15 is 0 Å². The first kappa shape index (κ1) is 20.6. The highest BCUT2D eigenvalue weighted by Gasteiger charge is 2.27. The van der Waals surface area contributed by atoms with Crippen LogP contribution in [0.15, 0.2) is 66.7 Å². The van der Waals surface area contributed by atoms with Crippen molar-refractivity contribution in [3.63, 3.8) is 0 Å². The van der Waals surface area contributed by atoms with E-state index in [4.69, 9.17) is 4.98 Å². The molecular formula is C28H24N2OS2. The van der Waals surface area contributed by atoms with Crippen molar-refractivity contribution < 1.29 is 4.79 Å². The van der Waals surface area contributed by atoms with Gasteiger partial charge in [-0.2, -0.15) is 0 Å². The fourth-order valence-corrected chi connectivity index (χ4v) is 7.29. The number of thiophene rings is 1. The molecule has 5 aromatic rings. The van der Waals surface area contributed by atoms with Crippen molar-refractivity contribution in [2.45, 2.75) is 32.6 Å². The van der Waals surface area contributed by atoms with Gasteiger partial charge in [-0.3, -0.25) is 4.79 Å². The Morgan fingerprint density at radius 2 is 1.85 bits per heavy atom. The van der Waals surface area contributed by atoms with E-state index in [9.17, 15) is 4.79 Å². The van der Waals surface area contributed by atoms with Crippen LogP contribution in [0.1, 0.15) is 29.3 Å². The molecule has 1 atom stereocenters. The van der Waals surface area contributed by atoms with Crippen molar-refractivity contribution in [3.8, 4) is 10.6 Å². The lowest BCUT2D eigenvalue weighted by atomic mass is 9.88. The van der Waals surface area contributed by atoms with Crippen LogP contribution < -0.4 is 5.32 Å². The smallest absolute Gasteiger partial charge is 0.229 e. The van der Waals surface area contributed by atoms with Gasteiger partial charge >= 0.3 is 0 Å². The van der Waals surface area contributed by atoms with Crippen molar-refractivity contribution in [2.24, 2.45) is 5.92 Å². The number of rotatable bonds is 4. The van der Waals surface area contributed by atoms with E-state index in [-0.39, 0.29) is 5.91 Å². The maximum atomic E-state index is 13.1. The minimum Gasteiger partial charge on any atom is -0.317 e. The van der Waals surface area contributed by atoms with Crippen molar-refractivity contribution in [1.82, 2.24) is 4.98 Å². The summed E-state index contributed by atoms with van der Waals surface area (Å²) in [6.45, 7) is 2.32. The average molecular weight is 469 g/mol. The summed E-state index contributed by atoms with van der Waals surface area (Å²) in [5.41, 5.74) is 4.59. The molecule has 0 saturated heterocycles. The summed E-state index contributed by atoms with van der Waals surface area (Å²) in [6.07, 6.45) is 3.69. The van der Waals surface area contributed by atoms with Gasteiger partial charge in [0, 0.05) is 10.4 Å². The standard InChI is InChI=1S/C28H24N2OS2/c1-17-10-13-21-24(14-17)33-28(26(21)27-29-22-8-4-5-9-23(22)32-27)30-25(31)16-18-11-12-19-6-2-3-7-20(19)15-18/h2-9,11-12,15,17H,10,13-14,16H2,1H3,(H,30,31). The third-order valence-electron chi connectivity index (χ3n) is 6.45. The zero-order valence-electron chi connectivity index (χ0n) is 18.4. The molecule has 2 heterocycles. The van der Waals surface area contributed by atoms with Crippen molar-refractivity contribution in [3.05, 3.63) is 82.7 Å². The maximum absolute atomic E-state index is 13.1. The Hall–Kier alpha value is -3.02. The van der Waals surface area contributed by atoms with Crippen LogP contribution in [0, 0.1) is 5.92 Å². The molecule has 0 saturated carbocycles. The lowest BCUT2D eigenvalue weighted by Crippen LogP contribution is -2.14. The largest absolute Gasteiger partial charge is 0.317 e. The first-order valence-electron chi connectivity index (χ1n) is 11.4. The van der Waals surface area contributed by atoms with E-state index in [0.717, 1.165) is 39.5 Å². The minimum atomic E-state index is 0.0271. The number of aromatic nitrogens is 1. The van der Waals surface area contributed by atoms with E-state index in [1.54, 1.807) is 22.7 Å². The monoisotopic (exact) mass is 468 g/mol. The van der Waals surface area contributed by atoms with Crippen molar-refractivity contribution in [2.75, 3.05) is 5.32 Å². The predicted molar refractivity (Wildman–Crippen MR) is 140 cm³/mol. The van der Waals surface area contributed by atoms with Crippen LogP contribution in [0.3, 0.4) is 0 Å². The highest BCUT2D eigenvalue weighted by Crippen LogP contribution is 2.47. The Balaban J connectivity index is 1.34. The van der Waals surface area contributed by atoms with E-state index in [2.05, 4.69) is 60.8 Å². The van der Waals surface area contributed by atoms with Gasteiger partial charge in [0.1, 0.15) is 10.0 Å². The summed E-state index contributed by atoms with van der Waals surface area (Å²) in [5, 5.41) is 7.60. The van der Waals surface area contributed by atoms with Crippen LogP contribution >= 0.6 is 22.7 Å². The number of hydrogen-bond donors (Lipinski definition) is 1. The Bertz CT molecular complexity index is 1460. The lowest BCUT2D eigenvalue weighted by molar-refractivity contribution is -0.115. The summed E-state index contributed by atoms with van der Waals surface area (Å²) in [6, 6.07) is 22.8. The number of benzene rings is 3. The molecule has 3 nitrogen and oxygen atoms in total. The zero-order valence-corrected chi connectivity index (χ0v) is 20.1. The third-order valence-corrected chi connectivity index (χ3v) is 8.67. The molecule has 1 aliphatic carbocycles. The highest BCUT2D eigenvalue weighted by molar-refractivity contribution is 7.22. The van der Waals surface area contributed by atoms with Crippen LogP contribution in [0.4, 0.5) is 5.00 Å². The Morgan fingerprint density at radius 3 is 2.73 bits per heavy atom. The normalized spacial score (nSPS) is 15.6. The van der Waals surface area contributed by atoms with Gasteiger partial charge in [0.2, 0.25) is 5.91 Å². The molecule has 1 amide bonds. The van der Waals surface area contributed by atoms with E-state index in [1.165, 1.54) is 32.3 Å². The molecule has 0 aliphatic heterocycles. The molecule has 1 unspecified atom stereocenters. The predicted octanol–water partition coefficient (Wildman–Crippen LogP) is 7.48. The van der Waals surface area contributed by atoms with Gasteiger partial charge < -0.3 is 5.32 Å². The molecular weight excluding hydrogens is 444 g/mol. The second-order valence-corrected chi connectivity index (χ2v) is 11.1. The Morgan fingerprint density at radius 1 is 1.03 bits per heavy atom. The Labute approximate surface area is 201 Å². The fraction of sp³-hybridized carbons (Fsp3) is 0.214. The molecule has 5 heteroatoms.